The largest absolute Gasteiger partial charge is 0.363 e. The molecule has 2 N–H and O–H groups in total. The summed E-state index contributed by atoms with van der Waals surface area (Å²) in [6.45, 7) is 0. The van der Waals surface area contributed by atoms with E-state index in [2.05, 4.69) is 36.5 Å². The maximum atomic E-state index is 12.5. The van der Waals surface area contributed by atoms with Gasteiger partial charge in [0.2, 0.25) is 0 Å². The first-order chi connectivity index (χ1) is 13.4. The number of carbonyl (C=O) groups is 2. The predicted octanol–water partition coefficient (Wildman–Crippen LogP) is 3.81. The van der Waals surface area contributed by atoms with Crippen LogP contribution < -0.4 is 15.5 Å². The molecule has 0 spiro atoms. The van der Waals surface area contributed by atoms with E-state index in [9.17, 15) is 9.59 Å². The van der Waals surface area contributed by atoms with E-state index in [4.69, 9.17) is 0 Å². The molecule has 142 valence electrons. The summed E-state index contributed by atoms with van der Waals surface area (Å²) >= 11 is 3.30. The van der Waals surface area contributed by atoms with Crippen LogP contribution in [0.15, 0.2) is 65.4 Å². The molecule has 0 fully saturated rings. The van der Waals surface area contributed by atoms with Crippen LogP contribution in [-0.2, 0) is 0 Å². The van der Waals surface area contributed by atoms with Gasteiger partial charge in [0.05, 0.1) is 0 Å². The van der Waals surface area contributed by atoms with Crippen LogP contribution in [-0.4, -0.2) is 35.9 Å². The van der Waals surface area contributed by atoms with Gasteiger partial charge in [-0.25, -0.2) is 9.97 Å². The molecular formula is C20H18BrN5O2. The average Bonchev–Trinajstić information content (AvgIpc) is 2.70. The van der Waals surface area contributed by atoms with Crippen LogP contribution in [0.5, 0.6) is 0 Å². The van der Waals surface area contributed by atoms with Gasteiger partial charge in [-0.15, -0.1) is 0 Å². The van der Waals surface area contributed by atoms with Gasteiger partial charge in [-0.05, 0) is 58.4 Å². The number of pyridine rings is 2. The molecule has 0 saturated carbocycles. The Hall–Kier alpha value is -3.26. The quantitative estimate of drug-likeness (QED) is 0.630. The van der Waals surface area contributed by atoms with Crippen molar-refractivity contribution >= 4 is 45.1 Å². The zero-order valence-electron chi connectivity index (χ0n) is 15.3. The summed E-state index contributed by atoms with van der Waals surface area (Å²) < 4.78 is 0.823. The van der Waals surface area contributed by atoms with Crippen LogP contribution in [0.25, 0.3) is 0 Å². The number of benzene rings is 1. The molecule has 0 saturated heterocycles. The van der Waals surface area contributed by atoms with Gasteiger partial charge in [0, 0.05) is 47.8 Å². The molecule has 28 heavy (non-hydrogen) atoms. The highest BCUT2D eigenvalue weighted by Gasteiger charge is 2.11. The maximum absolute atomic E-state index is 12.5. The Morgan fingerprint density at radius 1 is 0.929 bits per heavy atom. The van der Waals surface area contributed by atoms with Crippen LogP contribution in [0.2, 0.25) is 0 Å². The molecule has 7 nitrogen and oxygen atoms in total. The fourth-order valence-corrected chi connectivity index (χ4v) is 2.62. The Morgan fingerprint density at radius 3 is 2.39 bits per heavy atom. The Bertz CT molecular complexity index is 1010. The number of hydrogen-bond acceptors (Lipinski definition) is 5. The minimum absolute atomic E-state index is 0.280. The maximum Gasteiger partial charge on any atom is 0.256 e. The average molecular weight is 440 g/mol. The second-order valence-electron chi connectivity index (χ2n) is 6.15. The second kappa shape index (κ2) is 8.62. The monoisotopic (exact) mass is 439 g/mol. The van der Waals surface area contributed by atoms with Gasteiger partial charge in [-0.2, -0.15) is 0 Å². The number of halogens is 1. The van der Waals surface area contributed by atoms with Gasteiger partial charge < -0.3 is 15.5 Å². The number of carbonyl (C=O) groups excluding carboxylic acids is 2. The van der Waals surface area contributed by atoms with Crippen molar-refractivity contribution in [2.24, 2.45) is 0 Å². The summed E-state index contributed by atoms with van der Waals surface area (Å²) in [5.74, 6) is 0.528. The van der Waals surface area contributed by atoms with E-state index in [-0.39, 0.29) is 11.8 Å². The van der Waals surface area contributed by atoms with Crippen molar-refractivity contribution in [3.63, 3.8) is 0 Å². The summed E-state index contributed by atoms with van der Waals surface area (Å²) in [4.78, 5) is 35.1. The van der Waals surface area contributed by atoms with Crippen molar-refractivity contribution in [3.8, 4) is 0 Å². The van der Waals surface area contributed by atoms with Gasteiger partial charge in [-0.3, -0.25) is 9.59 Å². The van der Waals surface area contributed by atoms with Crippen molar-refractivity contribution in [1.82, 2.24) is 9.97 Å². The van der Waals surface area contributed by atoms with Crippen LogP contribution in [0.3, 0.4) is 0 Å². The van der Waals surface area contributed by atoms with Crippen molar-refractivity contribution in [1.29, 1.82) is 0 Å². The number of rotatable bonds is 5. The number of nitrogens with zero attached hydrogens (tertiary/aromatic N) is 3. The highest BCUT2D eigenvalue weighted by atomic mass is 79.9. The van der Waals surface area contributed by atoms with Crippen LogP contribution >= 0.6 is 15.9 Å². The lowest BCUT2D eigenvalue weighted by atomic mass is 10.1. The fourth-order valence-electron chi connectivity index (χ4n) is 2.38. The first-order valence-electron chi connectivity index (χ1n) is 8.40. The van der Waals surface area contributed by atoms with E-state index in [1.807, 2.05) is 19.0 Å². The Labute approximate surface area is 170 Å². The molecule has 0 atom stereocenters. The normalized spacial score (nSPS) is 10.2. The van der Waals surface area contributed by atoms with E-state index in [0.717, 1.165) is 4.47 Å². The number of nitrogens with one attached hydrogen (secondary N) is 2. The minimum Gasteiger partial charge on any atom is -0.363 e. The molecule has 0 unspecified atom stereocenters. The van der Waals surface area contributed by atoms with E-state index in [0.29, 0.717) is 28.5 Å². The van der Waals surface area contributed by atoms with Gasteiger partial charge >= 0.3 is 0 Å². The molecular weight excluding hydrogens is 422 g/mol. The number of anilines is 3. The predicted molar refractivity (Wildman–Crippen MR) is 113 cm³/mol. The zero-order chi connectivity index (χ0) is 20.1. The zero-order valence-corrected chi connectivity index (χ0v) is 16.9. The molecule has 0 aliphatic rings. The number of aromatic nitrogens is 2. The molecule has 0 radical (unpaired) electrons. The second-order valence-corrected chi connectivity index (χ2v) is 7.06. The highest BCUT2D eigenvalue weighted by molar-refractivity contribution is 9.10. The Morgan fingerprint density at radius 2 is 1.68 bits per heavy atom. The summed E-state index contributed by atoms with van der Waals surface area (Å²) in [6.07, 6.45) is 3.18. The van der Waals surface area contributed by atoms with Gasteiger partial charge in [0.15, 0.2) is 0 Å². The van der Waals surface area contributed by atoms with Crippen LogP contribution in [0.4, 0.5) is 17.3 Å². The van der Waals surface area contributed by atoms with Crippen molar-refractivity contribution in [2.45, 2.75) is 0 Å². The lowest BCUT2D eigenvalue weighted by molar-refractivity contribution is 0.101. The molecule has 0 bridgehead atoms. The summed E-state index contributed by atoms with van der Waals surface area (Å²) in [5, 5.41) is 5.52. The van der Waals surface area contributed by atoms with E-state index in [1.165, 1.54) is 0 Å². The first kappa shape index (κ1) is 19.5. The fraction of sp³-hybridized carbons (Fsp3) is 0.100. The third-order valence-electron chi connectivity index (χ3n) is 3.82. The van der Waals surface area contributed by atoms with E-state index >= 15 is 0 Å². The smallest absolute Gasteiger partial charge is 0.256 e. The minimum atomic E-state index is -0.315. The first-order valence-corrected chi connectivity index (χ1v) is 9.19. The lowest BCUT2D eigenvalue weighted by Gasteiger charge is -2.12. The molecule has 0 aliphatic carbocycles. The third-order valence-corrected chi connectivity index (χ3v) is 4.29. The molecule has 2 heterocycles. The SMILES string of the molecule is CN(C)c1cc(C(=O)Nc2cccc(C(=O)Nc3ccc(Br)cn3)c2)ccn1. The Balaban J connectivity index is 1.72. The lowest BCUT2D eigenvalue weighted by Crippen LogP contribution is -2.16. The van der Waals surface area contributed by atoms with E-state index in [1.54, 1.807) is 60.9 Å². The number of hydrogen-bond donors (Lipinski definition) is 2. The molecule has 2 aromatic heterocycles. The van der Waals surface area contributed by atoms with Crippen molar-refractivity contribution < 1.29 is 9.59 Å². The van der Waals surface area contributed by atoms with Crippen LogP contribution in [0, 0.1) is 0 Å². The highest BCUT2D eigenvalue weighted by Crippen LogP contribution is 2.16. The number of amides is 2. The molecule has 8 heteroatoms. The third kappa shape index (κ3) is 4.92. The summed E-state index contributed by atoms with van der Waals surface area (Å²) in [6, 6.07) is 13.5. The topological polar surface area (TPSA) is 87.2 Å². The molecule has 0 aliphatic heterocycles. The summed E-state index contributed by atoms with van der Waals surface area (Å²) in [7, 11) is 3.71. The summed E-state index contributed by atoms with van der Waals surface area (Å²) in [5.41, 5.74) is 1.41. The van der Waals surface area contributed by atoms with Crippen LogP contribution in [0.1, 0.15) is 20.7 Å². The standard InChI is InChI=1S/C20H18BrN5O2/c1-26(2)18-11-14(8-9-22-18)19(27)24-16-5-3-4-13(10-16)20(28)25-17-7-6-15(21)12-23-17/h3-12H,1-2H3,(H,24,27)(H,23,25,28). The van der Waals surface area contributed by atoms with Gasteiger partial charge in [0.1, 0.15) is 11.6 Å². The van der Waals surface area contributed by atoms with Crippen molar-refractivity contribution in [3.05, 3.63) is 76.5 Å². The van der Waals surface area contributed by atoms with Gasteiger partial charge in [-0.1, -0.05) is 6.07 Å². The van der Waals surface area contributed by atoms with Gasteiger partial charge in [0.25, 0.3) is 11.8 Å². The molecule has 1 aromatic carbocycles. The molecule has 2 amide bonds. The van der Waals surface area contributed by atoms with Crippen molar-refractivity contribution in [2.75, 3.05) is 29.6 Å². The molecule has 3 rings (SSSR count). The van der Waals surface area contributed by atoms with E-state index < -0.39 is 0 Å². The molecule has 3 aromatic rings. The Kier molecular flexibility index (Phi) is 6.00.